The average molecular weight is 306 g/mol. The van der Waals surface area contributed by atoms with Crippen molar-refractivity contribution in [1.29, 1.82) is 0 Å². The van der Waals surface area contributed by atoms with Crippen LogP contribution in [0.3, 0.4) is 0 Å². The predicted octanol–water partition coefficient (Wildman–Crippen LogP) is 3.23. The van der Waals surface area contributed by atoms with Crippen LogP contribution < -0.4 is 5.73 Å². The second-order valence-corrected chi connectivity index (χ2v) is 7.32. The number of hydrogen-bond donors (Lipinski definition) is 1. The number of fused-ring (bicyclic) bond motifs is 1. The Morgan fingerprint density at radius 1 is 1.14 bits per heavy atom. The third-order valence-electron chi connectivity index (χ3n) is 3.90. The predicted molar refractivity (Wildman–Crippen MR) is 87.7 cm³/mol. The van der Waals surface area contributed by atoms with Gasteiger partial charge in [0.05, 0.1) is 4.90 Å². The molecular formula is C16H22N2O2S. The van der Waals surface area contributed by atoms with E-state index < -0.39 is 10.0 Å². The van der Waals surface area contributed by atoms with Crippen LogP contribution in [-0.2, 0) is 10.0 Å². The fourth-order valence-electron chi connectivity index (χ4n) is 2.51. The fourth-order valence-corrected chi connectivity index (χ4v) is 4.10. The first-order valence-corrected chi connectivity index (χ1v) is 8.58. The topological polar surface area (TPSA) is 63.4 Å². The van der Waals surface area contributed by atoms with Crippen LogP contribution in [0, 0.1) is 0 Å². The lowest BCUT2D eigenvalue weighted by atomic mass is 10.1. The lowest BCUT2D eigenvalue weighted by Gasteiger charge is -2.24. The molecule has 2 aromatic carbocycles. The molecule has 1 atom stereocenters. The van der Waals surface area contributed by atoms with Crippen LogP contribution >= 0.6 is 0 Å². The van der Waals surface area contributed by atoms with E-state index in [0.29, 0.717) is 16.0 Å². The van der Waals surface area contributed by atoms with Crippen molar-refractivity contribution in [2.24, 2.45) is 0 Å². The molecule has 0 radical (unpaired) electrons. The molecule has 1 unspecified atom stereocenters. The summed E-state index contributed by atoms with van der Waals surface area (Å²) >= 11 is 0. The first-order valence-electron chi connectivity index (χ1n) is 7.14. The van der Waals surface area contributed by atoms with E-state index in [9.17, 15) is 8.42 Å². The van der Waals surface area contributed by atoms with E-state index in [0.717, 1.165) is 18.2 Å². The zero-order chi connectivity index (χ0) is 15.6. The van der Waals surface area contributed by atoms with Crippen molar-refractivity contribution in [1.82, 2.24) is 4.31 Å². The molecule has 0 aliphatic carbocycles. The molecule has 2 N–H and O–H groups in total. The summed E-state index contributed by atoms with van der Waals surface area (Å²) in [5.74, 6) is 0. The number of nitrogens with zero attached hydrogens (tertiary/aromatic N) is 1. The summed E-state index contributed by atoms with van der Waals surface area (Å²) in [5.41, 5.74) is 6.54. The molecule has 4 nitrogen and oxygen atoms in total. The number of anilines is 1. The highest BCUT2D eigenvalue weighted by molar-refractivity contribution is 7.89. The summed E-state index contributed by atoms with van der Waals surface area (Å²) in [4.78, 5) is 0.317. The normalized spacial score (nSPS) is 13.7. The molecule has 21 heavy (non-hydrogen) atoms. The maximum Gasteiger partial charge on any atom is 0.243 e. The van der Waals surface area contributed by atoms with Crippen LogP contribution in [0.5, 0.6) is 0 Å². The van der Waals surface area contributed by atoms with Gasteiger partial charge in [-0.2, -0.15) is 4.31 Å². The lowest BCUT2D eigenvalue weighted by molar-refractivity contribution is 0.369. The second kappa shape index (κ2) is 6.03. The van der Waals surface area contributed by atoms with Gasteiger partial charge < -0.3 is 5.73 Å². The zero-order valence-electron chi connectivity index (χ0n) is 12.7. The quantitative estimate of drug-likeness (QED) is 0.863. The van der Waals surface area contributed by atoms with Crippen LogP contribution in [-0.4, -0.2) is 25.8 Å². The van der Waals surface area contributed by atoms with Crippen molar-refractivity contribution in [2.75, 3.05) is 12.8 Å². The van der Waals surface area contributed by atoms with Crippen LogP contribution in [0.2, 0.25) is 0 Å². The van der Waals surface area contributed by atoms with Gasteiger partial charge in [-0.15, -0.1) is 0 Å². The number of hydrogen-bond acceptors (Lipinski definition) is 3. The molecule has 5 heteroatoms. The summed E-state index contributed by atoms with van der Waals surface area (Å²) in [6, 6.07) is 10.6. The third kappa shape index (κ3) is 2.89. The fraction of sp³-hybridized carbons (Fsp3) is 0.375. The Labute approximate surface area is 126 Å². The summed E-state index contributed by atoms with van der Waals surface area (Å²) in [7, 11) is -1.89. The highest BCUT2D eigenvalue weighted by Crippen LogP contribution is 2.30. The molecule has 0 spiro atoms. The minimum Gasteiger partial charge on any atom is -0.398 e. The minimum atomic E-state index is -3.53. The number of nitrogen functional groups attached to an aromatic ring is 1. The SMILES string of the molecule is CCCC(C)N(C)S(=O)(=O)c1ccc(N)c2ccccc12. The van der Waals surface area contributed by atoms with Gasteiger partial charge in [0, 0.05) is 29.5 Å². The third-order valence-corrected chi connectivity index (χ3v) is 5.93. The van der Waals surface area contributed by atoms with E-state index in [-0.39, 0.29) is 6.04 Å². The van der Waals surface area contributed by atoms with Gasteiger partial charge in [0.2, 0.25) is 10.0 Å². The summed E-state index contributed by atoms with van der Waals surface area (Å²) < 4.78 is 27.2. The van der Waals surface area contributed by atoms with Crippen molar-refractivity contribution in [2.45, 2.75) is 37.6 Å². The van der Waals surface area contributed by atoms with Crippen molar-refractivity contribution in [3.05, 3.63) is 36.4 Å². The Bertz CT molecular complexity index is 741. The Hall–Kier alpha value is -1.59. The number of nitrogens with two attached hydrogens (primary N) is 1. The summed E-state index contributed by atoms with van der Waals surface area (Å²) in [6.07, 6.45) is 1.78. The standard InChI is InChI=1S/C16H22N2O2S/c1-4-7-12(2)18(3)21(19,20)16-11-10-15(17)13-8-5-6-9-14(13)16/h5-6,8-12H,4,7,17H2,1-3H3. The van der Waals surface area contributed by atoms with E-state index in [1.165, 1.54) is 4.31 Å². The molecule has 0 saturated carbocycles. The molecule has 2 rings (SSSR count). The largest absolute Gasteiger partial charge is 0.398 e. The van der Waals surface area contributed by atoms with Crippen LogP contribution in [0.25, 0.3) is 10.8 Å². The van der Waals surface area contributed by atoms with Gasteiger partial charge in [-0.25, -0.2) is 8.42 Å². The maximum absolute atomic E-state index is 12.9. The van der Waals surface area contributed by atoms with Crippen LogP contribution in [0.4, 0.5) is 5.69 Å². The van der Waals surface area contributed by atoms with Gasteiger partial charge in [-0.1, -0.05) is 37.6 Å². The zero-order valence-corrected chi connectivity index (χ0v) is 13.5. The van der Waals surface area contributed by atoms with Crippen molar-refractivity contribution < 1.29 is 8.42 Å². The van der Waals surface area contributed by atoms with Crippen molar-refractivity contribution >= 4 is 26.5 Å². The number of rotatable bonds is 5. The molecule has 114 valence electrons. The molecule has 0 fully saturated rings. The number of sulfonamides is 1. The van der Waals surface area contributed by atoms with E-state index in [2.05, 4.69) is 6.92 Å². The lowest BCUT2D eigenvalue weighted by Crippen LogP contribution is -2.35. The molecule has 0 aromatic heterocycles. The van der Waals surface area contributed by atoms with Gasteiger partial charge in [-0.05, 0) is 25.5 Å². The van der Waals surface area contributed by atoms with Crippen LogP contribution in [0.1, 0.15) is 26.7 Å². The Balaban J connectivity index is 2.58. The van der Waals surface area contributed by atoms with Crippen molar-refractivity contribution in [3.8, 4) is 0 Å². The first kappa shape index (κ1) is 15.8. The van der Waals surface area contributed by atoms with E-state index in [1.807, 2.05) is 25.1 Å². The molecule has 0 aliphatic rings. The van der Waals surface area contributed by atoms with E-state index in [1.54, 1.807) is 25.2 Å². The van der Waals surface area contributed by atoms with Gasteiger partial charge in [0.15, 0.2) is 0 Å². The van der Waals surface area contributed by atoms with Gasteiger partial charge in [0.25, 0.3) is 0 Å². The molecular weight excluding hydrogens is 284 g/mol. The molecule has 0 heterocycles. The van der Waals surface area contributed by atoms with Crippen molar-refractivity contribution in [3.63, 3.8) is 0 Å². The Kier molecular flexibility index (Phi) is 4.54. The first-order chi connectivity index (χ1) is 9.89. The smallest absolute Gasteiger partial charge is 0.243 e. The van der Waals surface area contributed by atoms with Gasteiger partial charge >= 0.3 is 0 Å². The molecule has 2 aromatic rings. The highest BCUT2D eigenvalue weighted by Gasteiger charge is 2.26. The van der Waals surface area contributed by atoms with Crippen LogP contribution in [0.15, 0.2) is 41.3 Å². The van der Waals surface area contributed by atoms with E-state index >= 15 is 0 Å². The summed E-state index contributed by atoms with van der Waals surface area (Å²) in [6.45, 7) is 3.98. The van der Waals surface area contributed by atoms with Gasteiger partial charge in [-0.3, -0.25) is 0 Å². The molecule has 0 saturated heterocycles. The summed E-state index contributed by atoms with van der Waals surface area (Å²) in [5, 5.41) is 1.45. The monoisotopic (exact) mass is 306 g/mol. The minimum absolute atomic E-state index is 0.0312. The average Bonchev–Trinajstić information content (AvgIpc) is 2.47. The van der Waals surface area contributed by atoms with Gasteiger partial charge in [0.1, 0.15) is 0 Å². The second-order valence-electron chi connectivity index (χ2n) is 5.36. The molecule has 0 amide bonds. The molecule has 0 aliphatic heterocycles. The Morgan fingerprint density at radius 3 is 2.38 bits per heavy atom. The maximum atomic E-state index is 12.9. The Morgan fingerprint density at radius 2 is 1.76 bits per heavy atom. The molecule has 0 bridgehead atoms. The number of benzene rings is 2. The van der Waals surface area contributed by atoms with E-state index in [4.69, 9.17) is 5.73 Å². The highest BCUT2D eigenvalue weighted by atomic mass is 32.2.